The molecule has 0 radical (unpaired) electrons. The van der Waals surface area contributed by atoms with Crippen LogP contribution in [0.15, 0.2) is 54.9 Å². The first-order valence-electron chi connectivity index (χ1n) is 10.9. The van der Waals surface area contributed by atoms with Crippen LogP contribution in [0.2, 0.25) is 0 Å². The predicted octanol–water partition coefficient (Wildman–Crippen LogP) is 3.97. The van der Waals surface area contributed by atoms with E-state index in [4.69, 9.17) is 6.42 Å². The van der Waals surface area contributed by atoms with Crippen molar-refractivity contribution in [1.82, 2.24) is 19.3 Å². The lowest BCUT2D eigenvalue weighted by Gasteiger charge is -2.33. The van der Waals surface area contributed by atoms with Crippen molar-refractivity contribution in [3.63, 3.8) is 0 Å². The number of halogens is 3. The first kappa shape index (κ1) is 22.5. The minimum absolute atomic E-state index is 0.0230. The van der Waals surface area contributed by atoms with E-state index in [1.165, 1.54) is 6.07 Å². The highest BCUT2D eigenvalue weighted by Gasteiger charge is 2.31. The molecule has 35 heavy (non-hydrogen) atoms. The van der Waals surface area contributed by atoms with Gasteiger partial charge in [0.2, 0.25) is 11.7 Å². The molecule has 1 fully saturated rings. The molecule has 5 rings (SSSR count). The second-order valence-corrected chi connectivity index (χ2v) is 8.36. The molecule has 178 valence electrons. The number of aromatic nitrogens is 3. The summed E-state index contributed by atoms with van der Waals surface area (Å²) in [6, 6.07) is 9.79. The molecule has 2 aromatic heterocycles. The third-order valence-corrected chi connectivity index (χ3v) is 6.15. The number of alkyl halides is 3. The summed E-state index contributed by atoms with van der Waals surface area (Å²) in [5.41, 5.74) is 1.14. The minimum atomic E-state index is -4.48. The molecule has 0 spiro atoms. The van der Waals surface area contributed by atoms with Crippen LogP contribution in [0, 0.1) is 12.3 Å². The maximum absolute atomic E-state index is 13.3. The van der Waals surface area contributed by atoms with Crippen LogP contribution in [0.5, 0.6) is 0 Å². The third-order valence-electron chi connectivity index (χ3n) is 6.15. The fourth-order valence-electron chi connectivity index (χ4n) is 4.19. The van der Waals surface area contributed by atoms with Crippen molar-refractivity contribution in [2.75, 3.05) is 36.9 Å². The average Bonchev–Trinajstić information content (AvgIpc) is 3.32. The van der Waals surface area contributed by atoms with Gasteiger partial charge in [-0.2, -0.15) is 18.2 Å². The zero-order valence-electron chi connectivity index (χ0n) is 18.8. The Labute approximate surface area is 199 Å². The third kappa shape index (κ3) is 4.21. The molecule has 10 heteroatoms. The molecule has 1 aliphatic heterocycles. The van der Waals surface area contributed by atoms with Gasteiger partial charge in [0.05, 0.1) is 17.6 Å². The minimum Gasteiger partial charge on any atom is -0.360 e. The molecular weight excluding hydrogens is 457 g/mol. The molecule has 0 unspecified atom stereocenters. The Kier molecular flexibility index (Phi) is 5.47. The highest BCUT2D eigenvalue weighted by atomic mass is 19.4. The number of piperazine rings is 1. The zero-order chi connectivity index (χ0) is 24.7. The van der Waals surface area contributed by atoms with Gasteiger partial charge in [0, 0.05) is 43.6 Å². The number of hydrogen-bond acceptors (Lipinski definition) is 5. The van der Waals surface area contributed by atoms with Crippen molar-refractivity contribution in [3.05, 3.63) is 66.0 Å². The summed E-state index contributed by atoms with van der Waals surface area (Å²) in [7, 11) is 1.77. The van der Waals surface area contributed by atoms with Crippen molar-refractivity contribution in [2.24, 2.45) is 0 Å². The monoisotopic (exact) mass is 478 g/mol. The maximum Gasteiger partial charge on any atom is 0.416 e. The number of likely N-dealkylation sites (N-methyl/N-ethyl adjacent to an activating group) is 1. The molecule has 1 aliphatic rings. The van der Waals surface area contributed by atoms with Crippen molar-refractivity contribution in [3.8, 4) is 12.3 Å². The lowest BCUT2D eigenvalue weighted by Crippen LogP contribution is -2.48. The SMILES string of the molecule is C#C[C@@H](Nc1nc2nccn2c2ccc(N3CCN(C)C(=O)C3)cc12)c1cccc(C(F)(F)F)c1. The summed E-state index contributed by atoms with van der Waals surface area (Å²) in [5.74, 6) is 3.37. The van der Waals surface area contributed by atoms with Gasteiger partial charge >= 0.3 is 6.18 Å². The van der Waals surface area contributed by atoms with Crippen LogP contribution < -0.4 is 10.2 Å². The Morgan fingerprint density at radius 1 is 1.17 bits per heavy atom. The molecular formula is C25H21F3N6O. The van der Waals surface area contributed by atoms with E-state index in [1.807, 2.05) is 27.5 Å². The summed E-state index contributed by atoms with van der Waals surface area (Å²) in [6.07, 6.45) is 4.64. The lowest BCUT2D eigenvalue weighted by molar-refractivity contribution is -0.137. The van der Waals surface area contributed by atoms with Gasteiger partial charge in [-0.05, 0) is 35.9 Å². The topological polar surface area (TPSA) is 65.8 Å². The molecule has 0 bridgehead atoms. The molecule has 1 N–H and O–H groups in total. The molecule has 1 atom stereocenters. The van der Waals surface area contributed by atoms with Crippen molar-refractivity contribution in [1.29, 1.82) is 0 Å². The number of benzene rings is 2. The Hall–Kier alpha value is -4.26. The van der Waals surface area contributed by atoms with E-state index in [-0.39, 0.29) is 12.5 Å². The first-order valence-corrected chi connectivity index (χ1v) is 10.9. The van der Waals surface area contributed by atoms with E-state index in [1.54, 1.807) is 30.4 Å². The zero-order valence-corrected chi connectivity index (χ0v) is 18.8. The number of terminal acetylenes is 1. The van der Waals surface area contributed by atoms with Crippen molar-refractivity contribution < 1.29 is 18.0 Å². The Morgan fingerprint density at radius 3 is 2.74 bits per heavy atom. The van der Waals surface area contributed by atoms with Crippen LogP contribution >= 0.6 is 0 Å². The summed E-state index contributed by atoms with van der Waals surface area (Å²) in [4.78, 5) is 24.8. The van der Waals surface area contributed by atoms with E-state index < -0.39 is 17.8 Å². The number of hydrogen-bond donors (Lipinski definition) is 1. The standard InChI is InChI=1S/C25H21F3N6O/c1-3-20(16-5-4-6-17(13-16)25(26,27)28)30-23-19-14-18(33-12-11-32(2)22(35)15-33)7-8-21(19)34-10-9-29-24(34)31-23/h1,4-10,13-14,20H,11-12,15H2,2H3,(H,29,30,31)/t20-/m1/s1. The van der Waals surface area contributed by atoms with Crippen LogP contribution in [-0.4, -0.2) is 51.9 Å². The molecule has 2 aromatic carbocycles. The van der Waals surface area contributed by atoms with Gasteiger partial charge in [0.25, 0.3) is 0 Å². The number of carbonyl (C=O) groups is 1. The number of fused-ring (bicyclic) bond motifs is 3. The number of rotatable bonds is 4. The van der Waals surface area contributed by atoms with Gasteiger partial charge in [-0.3, -0.25) is 9.20 Å². The Morgan fingerprint density at radius 2 is 2.00 bits per heavy atom. The number of amides is 1. The molecule has 0 aliphatic carbocycles. The average molecular weight is 478 g/mol. The molecule has 7 nitrogen and oxygen atoms in total. The highest BCUT2D eigenvalue weighted by Crippen LogP contribution is 2.33. The predicted molar refractivity (Wildman–Crippen MR) is 127 cm³/mol. The quantitative estimate of drug-likeness (QED) is 0.450. The second-order valence-electron chi connectivity index (χ2n) is 8.36. The van der Waals surface area contributed by atoms with Crippen LogP contribution in [0.4, 0.5) is 24.7 Å². The summed E-state index contributed by atoms with van der Waals surface area (Å²) in [6.45, 7) is 1.53. The number of carbonyl (C=O) groups excluding carboxylic acids is 1. The molecule has 1 saturated heterocycles. The normalized spacial score (nSPS) is 15.5. The van der Waals surface area contributed by atoms with Crippen molar-refractivity contribution in [2.45, 2.75) is 12.2 Å². The van der Waals surface area contributed by atoms with Crippen molar-refractivity contribution >= 4 is 34.1 Å². The molecule has 0 saturated carbocycles. The lowest BCUT2D eigenvalue weighted by atomic mass is 10.0. The van der Waals surface area contributed by atoms with Gasteiger partial charge in [-0.1, -0.05) is 18.1 Å². The van der Waals surface area contributed by atoms with Gasteiger partial charge in [0.15, 0.2) is 0 Å². The molecule has 3 heterocycles. The molecule has 1 amide bonds. The number of nitrogens with zero attached hydrogens (tertiary/aromatic N) is 5. The smallest absolute Gasteiger partial charge is 0.360 e. The summed E-state index contributed by atoms with van der Waals surface area (Å²) < 4.78 is 41.6. The number of nitrogens with one attached hydrogen (secondary N) is 1. The number of anilines is 2. The van der Waals surface area contributed by atoms with Gasteiger partial charge in [-0.15, -0.1) is 6.42 Å². The van der Waals surface area contributed by atoms with E-state index in [0.717, 1.165) is 23.3 Å². The largest absolute Gasteiger partial charge is 0.416 e. The Bertz CT molecular complexity index is 1470. The second kappa shape index (κ2) is 8.51. The van der Waals surface area contributed by atoms with Crippen LogP contribution in [0.1, 0.15) is 17.2 Å². The first-order chi connectivity index (χ1) is 16.7. The fraction of sp³-hybridized carbons (Fsp3) is 0.240. The fourth-order valence-corrected chi connectivity index (χ4v) is 4.19. The van der Waals surface area contributed by atoms with Gasteiger partial charge in [0.1, 0.15) is 11.9 Å². The van der Waals surface area contributed by atoms with E-state index >= 15 is 0 Å². The highest BCUT2D eigenvalue weighted by molar-refractivity contribution is 5.94. The molecule has 4 aromatic rings. The van der Waals surface area contributed by atoms with Crippen LogP contribution in [0.3, 0.4) is 0 Å². The van der Waals surface area contributed by atoms with E-state index in [0.29, 0.717) is 35.6 Å². The van der Waals surface area contributed by atoms with E-state index in [2.05, 4.69) is 21.2 Å². The number of imidazole rings is 1. The maximum atomic E-state index is 13.3. The van der Waals surface area contributed by atoms with Gasteiger partial charge in [-0.25, -0.2) is 4.98 Å². The van der Waals surface area contributed by atoms with Gasteiger partial charge < -0.3 is 15.1 Å². The van der Waals surface area contributed by atoms with Crippen LogP contribution in [-0.2, 0) is 11.0 Å². The van der Waals surface area contributed by atoms with E-state index in [9.17, 15) is 18.0 Å². The summed E-state index contributed by atoms with van der Waals surface area (Å²) in [5, 5.41) is 3.83. The van der Waals surface area contributed by atoms with Crippen LogP contribution in [0.25, 0.3) is 16.7 Å². The summed E-state index contributed by atoms with van der Waals surface area (Å²) >= 11 is 0. The Balaban J connectivity index is 1.58.